The number of esters is 1. The molecule has 1 aliphatic rings. The molecule has 7 heteroatoms. The van der Waals surface area contributed by atoms with Crippen LogP contribution in [0.5, 0.6) is 0 Å². The summed E-state index contributed by atoms with van der Waals surface area (Å²) < 4.78 is 7.02. The molecule has 180 valence electrons. The first kappa shape index (κ1) is 24.8. The molecule has 0 saturated carbocycles. The number of halogens is 2. The Kier molecular flexibility index (Phi) is 6.93. The highest BCUT2D eigenvalue weighted by Crippen LogP contribution is 2.35. The van der Waals surface area contributed by atoms with Gasteiger partial charge in [0.15, 0.2) is 0 Å². The first-order chi connectivity index (χ1) is 16.6. The van der Waals surface area contributed by atoms with Crippen molar-refractivity contribution in [2.24, 2.45) is 0 Å². The first-order valence-corrected chi connectivity index (χ1v) is 11.9. The number of ether oxygens (including phenoxy) is 1. The van der Waals surface area contributed by atoms with Crippen molar-refractivity contribution in [2.45, 2.75) is 34.2 Å². The smallest absolute Gasteiger partial charge is 0.340 e. The van der Waals surface area contributed by atoms with Crippen molar-refractivity contribution in [1.29, 1.82) is 0 Å². The van der Waals surface area contributed by atoms with Gasteiger partial charge in [0.2, 0.25) is 0 Å². The Bertz CT molecular complexity index is 1400. The van der Waals surface area contributed by atoms with Crippen LogP contribution in [0.4, 0.5) is 0 Å². The SMILES string of the molecule is COC(=O)C1=C(C)N(Cc2ccc(C)cc2)C(=O)/C1=C\c1cc(C)n(-c2cc(Cl)ccc2Cl)c1C. The Labute approximate surface area is 215 Å². The van der Waals surface area contributed by atoms with Crippen LogP contribution in [0, 0.1) is 20.8 Å². The van der Waals surface area contributed by atoms with Gasteiger partial charge in [0.1, 0.15) is 0 Å². The zero-order valence-electron chi connectivity index (χ0n) is 20.3. The van der Waals surface area contributed by atoms with E-state index in [0.717, 1.165) is 33.8 Å². The molecule has 0 atom stereocenters. The van der Waals surface area contributed by atoms with Gasteiger partial charge >= 0.3 is 5.97 Å². The minimum absolute atomic E-state index is 0.242. The molecule has 0 radical (unpaired) electrons. The molecule has 1 aromatic heterocycles. The first-order valence-electron chi connectivity index (χ1n) is 11.2. The number of rotatable bonds is 5. The van der Waals surface area contributed by atoms with E-state index in [1.54, 1.807) is 36.1 Å². The molecular weight excluding hydrogens is 483 g/mol. The van der Waals surface area contributed by atoms with Gasteiger partial charge in [-0.1, -0.05) is 53.0 Å². The molecule has 0 aliphatic carbocycles. The lowest BCUT2D eigenvalue weighted by molar-refractivity contribution is -0.136. The zero-order valence-corrected chi connectivity index (χ0v) is 21.8. The summed E-state index contributed by atoms with van der Waals surface area (Å²) in [6, 6.07) is 15.2. The molecule has 5 nitrogen and oxygen atoms in total. The topological polar surface area (TPSA) is 51.5 Å². The van der Waals surface area contributed by atoms with Gasteiger partial charge in [0.25, 0.3) is 5.91 Å². The molecule has 0 bridgehead atoms. The Morgan fingerprint density at radius 1 is 1.00 bits per heavy atom. The van der Waals surface area contributed by atoms with Crippen LogP contribution in [0.3, 0.4) is 0 Å². The standard InChI is InChI=1S/C28H26Cl2N2O3/c1-16-6-8-20(9-7-16)15-31-19(4)26(28(34)35-5)23(27(31)33)13-21-12-17(2)32(18(21)3)25-14-22(29)10-11-24(25)30/h6-14H,15H2,1-5H3/b23-13-. The van der Waals surface area contributed by atoms with Crippen LogP contribution in [0.1, 0.15) is 35.0 Å². The van der Waals surface area contributed by atoms with E-state index in [0.29, 0.717) is 27.9 Å². The number of aromatic nitrogens is 1. The number of benzene rings is 2. The fourth-order valence-corrected chi connectivity index (χ4v) is 4.78. The molecule has 0 unspecified atom stereocenters. The summed E-state index contributed by atoms with van der Waals surface area (Å²) in [5, 5.41) is 1.13. The van der Waals surface area contributed by atoms with E-state index in [2.05, 4.69) is 0 Å². The number of methoxy groups -OCH3 is 1. The molecule has 1 amide bonds. The van der Waals surface area contributed by atoms with Crippen molar-refractivity contribution in [3.63, 3.8) is 0 Å². The molecular formula is C28H26Cl2N2O3. The second kappa shape index (κ2) is 9.76. The molecule has 1 aliphatic heterocycles. The van der Waals surface area contributed by atoms with Crippen LogP contribution < -0.4 is 0 Å². The van der Waals surface area contributed by atoms with Gasteiger partial charge in [-0.05, 0) is 69.2 Å². The van der Waals surface area contributed by atoms with Gasteiger partial charge in [-0.2, -0.15) is 0 Å². The van der Waals surface area contributed by atoms with E-state index in [1.807, 2.05) is 55.7 Å². The lowest BCUT2D eigenvalue weighted by Crippen LogP contribution is -2.24. The minimum Gasteiger partial charge on any atom is -0.465 e. The van der Waals surface area contributed by atoms with Crippen LogP contribution in [-0.2, 0) is 20.9 Å². The van der Waals surface area contributed by atoms with Gasteiger partial charge < -0.3 is 14.2 Å². The highest BCUT2D eigenvalue weighted by atomic mass is 35.5. The van der Waals surface area contributed by atoms with E-state index >= 15 is 0 Å². The number of allylic oxidation sites excluding steroid dienone is 1. The second-order valence-corrected chi connectivity index (χ2v) is 9.49. The number of aryl methyl sites for hydroxylation is 2. The summed E-state index contributed by atoms with van der Waals surface area (Å²) in [5.74, 6) is -0.783. The maximum absolute atomic E-state index is 13.6. The van der Waals surface area contributed by atoms with Crippen molar-refractivity contribution in [1.82, 2.24) is 9.47 Å². The van der Waals surface area contributed by atoms with Gasteiger partial charge in [0, 0.05) is 22.1 Å². The van der Waals surface area contributed by atoms with Crippen molar-refractivity contribution in [3.05, 3.63) is 103 Å². The number of carbonyl (C=O) groups excluding carboxylic acids is 2. The molecule has 3 aromatic rings. The predicted molar refractivity (Wildman–Crippen MR) is 140 cm³/mol. The molecule has 2 aromatic carbocycles. The number of hydrogen-bond acceptors (Lipinski definition) is 3. The summed E-state index contributed by atoms with van der Waals surface area (Å²) in [4.78, 5) is 27.9. The lowest BCUT2D eigenvalue weighted by Gasteiger charge is -2.18. The maximum Gasteiger partial charge on any atom is 0.340 e. The highest BCUT2D eigenvalue weighted by Gasteiger charge is 2.37. The van der Waals surface area contributed by atoms with Crippen LogP contribution in [0.25, 0.3) is 11.8 Å². The molecule has 0 N–H and O–H groups in total. The molecule has 2 heterocycles. The van der Waals surface area contributed by atoms with Crippen LogP contribution in [0.15, 0.2) is 65.4 Å². The highest BCUT2D eigenvalue weighted by molar-refractivity contribution is 6.34. The summed E-state index contributed by atoms with van der Waals surface area (Å²) in [5.41, 5.74) is 6.59. The number of amides is 1. The Balaban J connectivity index is 1.79. The molecule has 0 saturated heterocycles. The third-order valence-corrected chi connectivity index (χ3v) is 6.84. The Morgan fingerprint density at radius 3 is 2.34 bits per heavy atom. The predicted octanol–water partition coefficient (Wildman–Crippen LogP) is 6.58. The van der Waals surface area contributed by atoms with Crippen molar-refractivity contribution < 1.29 is 14.3 Å². The summed E-state index contributed by atoms with van der Waals surface area (Å²) in [7, 11) is 1.32. The van der Waals surface area contributed by atoms with E-state index in [-0.39, 0.29) is 11.5 Å². The third kappa shape index (κ3) is 4.66. The quantitative estimate of drug-likeness (QED) is 0.288. The monoisotopic (exact) mass is 508 g/mol. The molecule has 0 spiro atoms. The average molecular weight is 509 g/mol. The van der Waals surface area contributed by atoms with Gasteiger partial charge in [0.05, 0.1) is 35.5 Å². The van der Waals surface area contributed by atoms with E-state index in [1.165, 1.54) is 7.11 Å². The van der Waals surface area contributed by atoms with Crippen LogP contribution in [0.2, 0.25) is 10.0 Å². The van der Waals surface area contributed by atoms with Gasteiger partial charge in [-0.3, -0.25) is 4.79 Å². The van der Waals surface area contributed by atoms with Crippen LogP contribution in [-0.4, -0.2) is 28.5 Å². The summed E-state index contributed by atoms with van der Waals surface area (Å²) in [6.07, 6.45) is 1.75. The fraction of sp³-hybridized carbons (Fsp3) is 0.214. The maximum atomic E-state index is 13.6. The Morgan fingerprint density at radius 2 is 1.69 bits per heavy atom. The van der Waals surface area contributed by atoms with Crippen molar-refractivity contribution in [3.8, 4) is 5.69 Å². The second-order valence-electron chi connectivity index (χ2n) is 8.64. The van der Waals surface area contributed by atoms with E-state index in [4.69, 9.17) is 27.9 Å². The average Bonchev–Trinajstić information content (AvgIpc) is 3.23. The zero-order chi connectivity index (χ0) is 25.4. The number of nitrogens with zero attached hydrogens (tertiary/aromatic N) is 2. The number of carbonyl (C=O) groups is 2. The Hall–Kier alpha value is -3.28. The lowest BCUT2D eigenvalue weighted by atomic mass is 10.0. The molecule has 4 rings (SSSR count). The van der Waals surface area contributed by atoms with E-state index in [9.17, 15) is 9.59 Å². The number of hydrogen-bond donors (Lipinski definition) is 0. The third-order valence-electron chi connectivity index (χ3n) is 6.28. The molecule has 0 fully saturated rings. The van der Waals surface area contributed by atoms with Crippen molar-refractivity contribution in [2.75, 3.05) is 7.11 Å². The summed E-state index contributed by atoms with van der Waals surface area (Å²) in [6.45, 7) is 8.04. The summed E-state index contributed by atoms with van der Waals surface area (Å²) >= 11 is 12.7. The molecule has 35 heavy (non-hydrogen) atoms. The van der Waals surface area contributed by atoms with Gasteiger partial charge in [-0.25, -0.2) is 4.79 Å². The largest absolute Gasteiger partial charge is 0.465 e. The fourth-order valence-electron chi connectivity index (χ4n) is 4.41. The van der Waals surface area contributed by atoms with Crippen LogP contribution >= 0.6 is 23.2 Å². The van der Waals surface area contributed by atoms with Gasteiger partial charge in [-0.15, -0.1) is 0 Å². The van der Waals surface area contributed by atoms with Crippen molar-refractivity contribution >= 4 is 41.2 Å². The van der Waals surface area contributed by atoms with E-state index < -0.39 is 5.97 Å². The minimum atomic E-state index is -0.541. The normalized spacial score (nSPS) is 14.9.